The Morgan fingerprint density at radius 2 is 1.67 bits per heavy atom. The normalized spacial score (nSPS) is 19.3. The van der Waals surface area contributed by atoms with E-state index in [-0.39, 0.29) is 0 Å². The molecule has 0 unspecified atom stereocenters. The molecule has 0 spiro atoms. The van der Waals surface area contributed by atoms with Crippen LogP contribution in [-0.2, 0) is 5.60 Å². The SMILES string of the molecule is COc1c(C2(O)CCCCCC2)ccc(C)c1C. The molecular formula is C16H24O2. The summed E-state index contributed by atoms with van der Waals surface area (Å²) in [5.74, 6) is 0.874. The second-order valence-electron chi connectivity index (χ2n) is 5.53. The van der Waals surface area contributed by atoms with Gasteiger partial charge in [-0.3, -0.25) is 0 Å². The summed E-state index contributed by atoms with van der Waals surface area (Å²) in [6.45, 7) is 4.15. The lowest BCUT2D eigenvalue weighted by Gasteiger charge is -2.30. The summed E-state index contributed by atoms with van der Waals surface area (Å²) in [5, 5.41) is 11.0. The highest BCUT2D eigenvalue weighted by Gasteiger charge is 2.33. The number of aryl methyl sites for hydroxylation is 1. The monoisotopic (exact) mass is 248 g/mol. The average Bonchev–Trinajstić information content (AvgIpc) is 2.58. The van der Waals surface area contributed by atoms with E-state index in [1.807, 2.05) is 6.07 Å². The minimum absolute atomic E-state index is 0.694. The quantitative estimate of drug-likeness (QED) is 0.805. The van der Waals surface area contributed by atoms with Crippen LogP contribution in [0.25, 0.3) is 0 Å². The van der Waals surface area contributed by atoms with Crippen LogP contribution in [0.15, 0.2) is 12.1 Å². The zero-order valence-electron chi connectivity index (χ0n) is 11.8. The molecule has 1 aromatic rings. The molecule has 1 saturated carbocycles. The Morgan fingerprint density at radius 1 is 1.06 bits per heavy atom. The van der Waals surface area contributed by atoms with E-state index >= 15 is 0 Å². The Labute approximate surface area is 110 Å². The van der Waals surface area contributed by atoms with Gasteiger partial charge in [0.15, 0.2) is 0 Å². The molecule has 1 fully saturated rings. The number of benzene rings is 1. The van der Waals surface area contributed by atoms with Crippen LogP contribution in [0.1, 0.15) is 55.2 Å². The maximum Gasteiger partial charge on any atom is 0.128 e. The predicted molar refractivity (Wildman–Crippen MR) is 74.1 cm³/mol. The van der Waals surface area contributed by atoms with Crippen LogP contribution in [-0.4, -0.2) is 12.2 Å². The summed E-state index contributed by atoms with van der Waals surface area (Å²) in [5.41, 5.74) is 2.65. The van der Waals surface area contributed by atoms with E-state index in [1.54, 1.807) is 7.11 Å². The molecule has 2 heteroatoms. The summed E-state index contributed by atoms with van der Waals surface area (Å²) in [6, 6.07) is 4.14. The highest BCUT2D eigenvalue weighted by atomic mass is 16.5. The molecule has 2 nitrogen and oxygen atoms in total. The second kappa shape index (κ2) is 5.31. The molecule has 1 N–H and O–H groups in total. The molecule has 0 heterocycles. The molecule has 0 amide bonds. The molecule has 1 aromatic carbocycles. The van der Waals surface area contributed by atoms with Crippen LogP contribution >= 0.6 is 0 Å². The van der Waals surface area contributed by atoms with Crippen molar-refractivity contribution < 1.29 is 9.84 Å². The first-order valence-electron chi connectivity index (χ1n) is 6.95. The first-order chi connectivity index (χ1) is 8.58. The Bertz CT molecular complexity index is 415. The standard InChI is InChI=1S/C16H24O2/c1-12-8-9-14(15(18-3)13(12)2)16(17)10-6-4-5-7-11-16/h8-9,17H,4-7,10-11H2,1-3H3. The van der Waals surface area contributed by atoms with Crippen molar-refractivity contribution in [2.24, 2.45) is 0 Å². The zero-order chi connectivity index (χ0) is 13.2. The van der Waals surface area contributed by atoms with Crippen LogP contribution in [0.3, 0.4) is 0 Å². The number of aliphatic hydroxyl groups is 1. The third-order valence-electron chi connectivity index (χ3n) is 4.31. The molecule has 0 bridgehead atoms. The highest BCUT2D eigenvalue weighted by Crippen LogP contribution is 2.42. The first kappa shape index (κ1) is 13.4. The maximum absolute atomic E-state index is 11.0. The van der Waals surface area contributed by atoms with E-state index < -0.39 is 5.60 Å². The largest absolute Gasteiger partial charge is 0.496 e. The molecular weight excluding hydrogens is 224 g/mol. The molecule has 2 rings (SSSR count). The van der Waals surface area contributed by atoms with E-state index in [9.17, 15) is 5.11 Å². The molecule has 100 valence electrons. The van der Waals surface area contributed by atoms with Gasteiger partial charge in [-0.2, -0.15) is 0 Å². The predicted octanol–water partition coefficient (Wildman–Crippen LogP) is 3.85. The van der Waals surface area contributed by atoms with Gasteiger partial charge in [-0.1, -0.05) is 37.8 Å². The van der Waals surface area contributed by atoms with Crippen LogP contribution in [0, 0.1) is 13.8 Å². The lowest BCUT2D eigenvalue weighted by Crippen LogP contribution is -2.25. The van der Waals surface area contributed by atoms with Gasteiger partial charge < -0.3 is 9.84 Å². The Kier molecular flexibility index (Phi) is 3.96. The maximum atomic E-state index is 11.0. The number of rotatable bonds is 2. The van der Waals surface area contributed by atoms with Crippen molar-refractivity contribution in [3.8, 4) is 5.75 Å². The third-order valence-corrected chi connectivity index (χ3v) is 4.31. The van der Waals surface area contributed by atoms with Gasteiger partial charge in [-0.15, -0.1) is 0 Å². The molecule has 0 radical (unpaired) electrons. The van der Waals surface area contributed by atoms with Crippen molar-refractivity contribution in [3.63, 3.8) is 0 Å². The molecule has 1 aliphatic rings. The smallest absolute Gasteiger partial charge is 0.128 e. The lowest BCUT2D eigenvalue weighted by atomic mass is 9.84. The van der Waals surface area contributed by atoms with Crippen molar-refractivity contribution in [2.45, 2.75) is 58.0 Å². The minimum atomic E-state index is -0.694. The summed E-state index contributed by atoms with van der Waals surface area (Å²) < 4.78 is 5.56. The van der Waals surface area contributed by atoms with Gasteiger partial charge in [0, 0.05) is 5.56 Å². The highest BCUT2D eigenvalue weighted by molar-refractivity contribution is 5.48. The number of hydrogen-bond acceptors (Lipinski definition) is 2. The van der Waals surface area contributed by atoms with Gasteiger partial charge in [0.05, 0.1) is 12.7 Å². The van der Waals surface area contributed by atoms with E-state index in [2.05, 4.69) is 19.9 Å². The molecule has 1 aliphatic carbocycles. The number of hydrogen-bond donors (Lipinski definition) is 1. The van der Waals surface area contributed by atoms with Crippen molar-refractivity contribution in [2.75, 3.05) is 7.11 Å². The fourth-order valence-electron chi connectivity index (χ4n) is 3.00. The summed E-state index contributed by atoms with van der Waals surface area (Å²) in [4.78, 5) is 0. The summed E-state index contributed by atoms with van der Waals surface area (Å²) in [7, 11) is 1.70. The van der Waals surface area contributed by atoms with Gasteiger partial charge in [-0.05, 0) is 37.8 Å². The number of ether oxygens (including phenoxy) is 1. The Hall–Kier alpha value is -1.02. The van der Waals surface area contributed by atoms with Crippen molar-refractivity contribution in [1.29, 1.82) is 0 Å². The third kappa shape index (κ3) is 2.39. The fraction of sp³-hybridized carbons (Fsp3) is 0.625. The molecule has 0 aliphatic heterocycles. The summed E-state index contributed by atoms with van der Waals surface area (Å²) in [6.07, 6.45) is 6.38. The first-order valence-corrected chi connectivity index (χ1v) is 6.95. The average molecular weight is 248 g/mol. The number of methoxy groups -OCH3 is 1. The van der Waals surface area contributed by atoms with Crippen molar-refractivity contribution in [1.82, 2.24) is 0 Å². The van der Waals surface area contributed by atoms with Crippen LogP contribution in [0.2, 0.25) is 0 Å². The molecule has 0 saturated heterocycles. The van der Waals surface area contributed by atoms with Crippen LogP contribution < -0.4 is 4.74 Å². The zero-order valence-corrected chi connectivity index (χ0v) is 11.8. The lowest BCUT2D eigenvalue weighted by molar-refractivity contribution is 0.0184. The Balaban J connectivity index is 2.45. The van der Waals surface area contributed by atoms with E-state index in [4.69, 9.17) is 4.74 Å². The van der Waals surface area contributed by atoms with Crippen molar-refractivity contribution in [3.05, 3.63) is 28.8 Å². The van der Waals surface area contributed by atoms with Crippen LogP contribution in [0.4, 0.5) is 0 Å². The van der Waals surface area contributed by atoms with E-state index in [0.717, 1.165) is 42.6 Å². The molecule has 0 atom stereocenters. The van der Waals surface area contributed by atoms with Crippen LogP contribution in [0.5, 0.6) is 5.75 Å². The van der Waals surface area contributed by atoms with E-state index in [1.165, 1.54) is 18.4 Å². The molecule has 18 heavy (non-hydrogen) atoms. The van der Waals surface area contributed by atoms with Gasteiger partial charge >= 0.3 is 0 Å². The topological polar surface area (TPSA) is 29.5 Å². The van der Waals surface area contributed by atoms with Gasteiger partial charge in [0.25, 0.3) is 0 Å². The van der Waals surface area contributed by atoms with Gasteiger partial charge in [0.2, 0.25) is 0 Å². The van der Waals surface area contributed by atoms with Gasteiger partial charge in [0.1, 0.15) is 5.75 Å². The van der Waals surface area contributed by atoms with E-state index in [0.29, 0.717) is 0 Å². The van der Waals surface area contributed by atoms with Crippen molar-refractivity contribution >= 4 is 0 Å². The second-order valence-corrected chi connectivity index (χ2v) is 5.53. The summed E-state index contributed by atoms with van der Waals surface area (Å²) >= 11 is 0. The van der Waals surface area contributed by atoms with Gasteiger partial charge in [-0.25, -0.2) is 0 Å². The molecule has 0 aromatic heterocycles. The fourth-order valence-corrected chi connectivity index (χ4v) is 3.00. The minimum Gasteiger partial charge on any atom is -0.496 e. The Morgan fingerprint density at radius 3 is 2.22 bits per heavy atom.